The molecule has 0 bridgehead atoms. The Hall–Kier alpha value is -1.88. The maximum Gasteiger partial charge on any atom is 0.258 e. The van der Waals surface area contributed by atoms with E-state index in [1.165, 1.54) is 6.42 Å². The van der Waals surface area contributed by atoms with E-state index in [0.29, 0.717) is 25.1 Å². The summed E-state index contributed by atoms with van der Waals surface area (Å²) in [4.78, 5) is 11.7. The van der Waals surface area contributed by atoms with Crippen molar-refractivity contribution in [3.05, 3.63) is 24.3 Å². The number of nitrogens with zero attached hydrogens (tertiary/aromatic N) is 3. The van der Waals surface area contributed by atoms with E-state index >= 15 is 0 Å². The van der Waals surface area contributed by atoms with E-state index in [-0.39, 0.29) is 0 Å². The zero-order chi connectivity index (χ0) is 14.7. The topological polar surface area (TPSA) is 64.3 Å². The van der Waals surface area contributed by atoms with Crippen molar-refractivity contribution >= 4 is 16.9 Å². The zero-order valence-corrected chi connectivity index (χ0v) is 12.5. The minimum atomic E-state index is 0.327. The van der Waals surface area contributed by atoms with Crippen LogP contribution in [0.15, 0.2) is 24.3 Å². The number of nitrogens with two attached hydrogens (primary N) is 1. The molecule has 1 aromatic heterocycles. The zero-order valence-electron chi connectivity index (χ0n) is 12.5. The van der Waals surface area contributed by atoms with Gasteiger partial charge in [0.15, 0.2) is 5.82 Å². The fraction of sp³-hybridized carbons (Fsp3) is 0.500. The molecule has 0 saturated carbocycles. The van der Waals surface area contributed by atoms with Gasteiger partial charge in [-0.25, -0.2) is 9.97 Å². The molecule has 1 aliphatic heterocycles. The molecule has 1 aromatic carbocycles. The average molecular weight is 286 g/mol. The van der Waals surface area contributed by atoms with Crippen molar-refractivity contribution in [3.63, 3.8) is 0 Å². The second-order valence-corrected chi connectivity index (χ2v) is 5.35. The number of benzene rings is 1. The van der Waals surface area contributed by atoms with Crippen LogP contribution >= 0.6 is 0 Å². The molecule has 3 rings (SSSR count). The molecule has 1 saturated heterocycles. The summed E-state index contributed by atoms with van der Waals surface area (Å²) in [6, 6.07) is 8.23. The first kappa shape index (κ1) is 14.1. The third kappa shape index (κ3) is 2.78. The summed E-state index contributed by atoms with van der Waals surface area (Å²) in [6.45, 7) is 4.16. The number of anilines is 1. The predicted octanol–water partition coefficient (Wildman–Crippen LogP) is 2.35. The first-order valence-corrected chi connectivity index (χ1v) is 7.69. The number of hydrogen-bond acceptors (Lipinski definition) is 5. The second kappa shape index (κ2) is 6.26. The maximum atomic E-state index is 5.94. The lowest BCUT2D eigenvalue weighted by Gasteiger charge is -2.36. The van der Waals surface area contributed by atoms with E-state index in [1.807, 2.05) is 31.2 Å². The Morgan fingerprint density at radius 1 is 1.24 bits per heavy atom. The highest BCUT2D eigenvalue weighted by atomic mass is 16.5. The van der Waals surface area contributed by atoms with Gasteiger partial charge >= 0.3 is 0 Å². The molecular formula is C16H22N4O. The van der Waals surface area contributed by atoms with Gasteiger partial charge in [-0.15, -0.1) is 0 Å². The highest BCUT2D eigenvalue weighted by molar-refractivity contribution is 5.77. The third-order valence-electron chi connectivity index (χ3n) is 3.97. The number of piperidine rings is 1. The Morgan fingerprint density at radius 2 is 2.00 bits per heavy atom. The largest absolute Gasteiger partial charge is 0.475 e. The number of rotatable bonds is 4. The number of fused-ring (bicyclic) bond motifs is 1. The fourth-order valence-corrected chi connectivity index (χ4v) is 2.92. The lowest BCUT2D eigenvalue weighted by molar-refractivity contribution is 0.324. The van der Waals surface area contributed by atoms with E-state index in [2.05, 4.69) is 9.88 Å². The highest BCUT2D eigenvalue weighted by Gasteiger charge is 2.26. The van der Waals surface area contributed by atoms with Crippen LogP contribution in [0.25, 0.3) is 11.0 Å². The van der Waals surface area contributed by atoms with Gasteiger partial charge in [-0.2, -0.15) is 0 Å². The third-order valence-corrected chi connectivity index (χ3v) is 3.97. The van der Waals surface area contributed by atoms with Crippen LogP contribution in [0.1, 0.15) is 26.2 Å². The summed E-state index contributed by atoms with van der Waals surface area (Å²) in [5, 5.41) is 0. The van der Waals surface area contributed by atoms with Gasteiger partial charge < -0.3 is 15.4 Å². The molecule has 5 nitrogen and oxygen atoms in total. The average Bonchev–Trinajstić information content (AvgIpc) is 2.54. The summed E-state index contributed by atoms with van der Waals surface area (Å²) in [6.07, 6.45) is 3.50. The number of para-hydroxylation sites is 2. The van der Waals surface area contributed by atoms with Crippen molar-refractivity contribution in [2.24, 2.45) is 5.73 Å². The Labute approximate surface area is 125 Å². The SMILES string of the molecule is CCOc1nc2ccccc2nc1N1CCCCC1CN. The molecule has 1 aliphatic rings. The quantitative estimate of drug-likeness (QED) is 0.934. The maximum absolute atomic E-state index is 5.94. The number of ether oxygens (including phenoxy) is 1. The van der Waals surface area contributed by atoms with E-state index in [9.17, 15) is 0 Å². The van der Waals surface area contributed by atoms with Crippen LogP contribution in [0.4, 0.5) is 5.82 Å². The molecule has 2 heterocycles. The molecule has 1 fully saturated rings. The van der Waals surface area contributed by atoms with Crippen molar-refractivity contribution < 1.29 is 4.74 Å². The minimum Gasteiger partial charge on any atom is -0.475 e. The fourth-order valence-electron chi connectivity index (χ4n) is 2.92. The Morgan fingerprint density at radius 3 is 2.71 bits per heavy atom. The monoisotopic (exact) mass is 286 g/mol. The normalized spacial score (nSPS) is 19.0. The molecule has 1 unspecified atom stereocenters. The number of aromatic nitrogens is 2. The van der Waals surface area contributed by atoms with Crippen LogP contribution in [0.5, 0.6) is 5.88 Å². The Balaban J connectivity index is 2.07. The summed E-state index contributed by atoms with van der Waals surface area (Å²) < 4.78 is 5.74. The molecule has 112 valence electrons. The summed E-state index contributed by atoms with van der Waals surface area (Å²) in [5.74, 6) is 1.46. The highest BCUT2D eigenvalue weighted by Crippen LogP contribution is 2.31. The van der Waals surface area contributed by atoms with Crippen molar-refractivity contribution in [2.75, 3.05) is 24.6 Å². The lowest BCUT2D eigenvalue weighted by Crippen LogP contribution is -2.44. The van der Waals surface area contributed by atoms with Crippen LogP contribution in [0, 0.1) is 0 Å². The lowest BCUT2D eigenvalue weighted by atomic mass is 10.0. The van der Waals surface area contributed by atoms with Gasteiger partial charge in [0.25, 0.3) is 5.88 Å². The first-order chi connectivity index (χ1) is 10.3. The summed E-state index contributed by atoms with van der Waals surface area (Å²) in [5.41, 5.74) is 7.70. The molecule has 21 heavy (non-hydrogen) atoms. The van der Waals surface area contributed by atoms with Crippen molar-refractivity contribution in [2.45, 2.75) is 32.2 Å². The van der Waals surface area contributed by atoms with Gasteiger partial charge in [0.2, 0.25) is 0 Å². The molecule has 5 heteroatoms. The standard InChI is InChI=1S/C16H22N4O/c1-2-21-16-15(20-10-6-5-7-12(20)11-17)18-13-8-3-4-9-14(13)19-16/h3-4,8-9,12H,2,5-7,10-11,17H2,1H3. The van der Waals surface area contributed by atoms with Crippen LogP contribution in [0.2, 0.25) is 0 Å². The van der Waals surface area contributed by atoms with Crippen molar-refractivity contribution in [1.29, 1.82) is 0 Å². The number of hydrogen-bond donors (Lipinski definition) is 1. The molecule has 1 atom stereocenters. The first-order valence-electron chi connectivity index (χ1n) is 7.69. The van der Waals surface area contributed by atoms with E-state index in [1.54, 1.807) is 0 Å². The molecule has 0 radical (unpaired) electrons. The van der Waals surface area contributed by atoms with Crippen LogP contribution in [-0.4, -0.2) is 35.7 Å². The van der Waals surface area contributed by atoms with Gasteiger partial charge in [0.05, 0.1) is 17.6 Å². The Bertz CT molecular complexity index is 616. The molecule has 2 aromatic rings. The summed E-state index contributed by atoms with van der Waals surface area (Å²) in [7, 11) is 0. The van der Waals surface area contributed by atoms with Crippen molar-refractivity contribution in [1.82, 2.24) is 9.97 Å². The van der Waals surface area contributed by atoms with Gasteiger partial charge in [-0.05, 0) is 38.3 Å². The van der Waals surface area contributed by atoms with Crippen molar-refractivity contribution in [3.8, 4) is 5.88 Å². The predicted molar refractivity (Wildman–Crippen MR) is 84.7 cm³/mol. The Kier molecular flexibility index (Phi) is 4.20. The minimum absolute atomic E-state index is 0.327. The molecule has 0 aliphatic carbocycles. The van der Waals surface area contributed by atoms with E-state index in [0.717, 1.165) is 36.2 Å². The molecular weight excluding hydrogens is 264 g/mol. The van der Waals surface area contributed by atoms with E-state index < -0.39 is 0 Å². The van der Waals surface area contributed by atoms with E-state index in [4.69, 9.17) is 15.5 Å². The summed E-state index contributed by atoms with van der Waals surface area (Å²) >= 11 is 0. The second-order valence-electron chi connectivity index (χ2n) is 5.35. The van der Waals surface area contributed by atoms with Gasteiger partial charge in [-0.1, -0.05) is 12.1 Å². The van der Waals surface area contributed by atoms with Crippen LogP contribution < -0.4 is 15.4 Å². The van der Waals surface area contributed by atoms with Gasteiger partial charge in [-0.3, -0.25) is 0 Å². The smallest absolute Gasteiger partial charge is 0.258 e. The van der Waals surface area contributed by atoms with Crippen LogP contribution in [0.3, 0.4) is 0 Å². The molecule has 0 spiro atoms. The molecule has 0 amide bonds. The van der Waals surface area contributed by atoms with Crippen LogP contribution in [-0.2, 0) is 0 Å². The van der Waals surface area contributed by atoms with Gasteiger partial charge in [0.1, 0.15) is 0 Å². The molecule has 2 N–H and O–H groups in total. The van der Waals surface area contributed by atoms with Gasteiger partial charge in [0, 0.05) is 19.1 Å².